The number of ether oxygens (including phenoxy) is 1. The summed E-state index contributed by atoms with van der Waals surface area (Å²) in [6, 6.07) is 6.28. The van der Waals surface area contributed by atoms with E-state index < -0.39 is 21.8 Å². The zero-order chi connectivity index (χ0) is 12.2. The van der Waals surface area contributed by atoms with Crippen LogP contribution in [0.25, 0.3) is 0 Å². The fraction of sp³-hybridized carbons (Fsp3) is 0.222. The van der Waals surface area contributed by atoms with Gasteiger partial charge in [0, 0.05) is 0 Å². The Labute approximate surface area is 94.6 Å². The van der Waals surface area contributed by atoms with Gasteiger partial charge in [0.2, 0.25) is 0 Å². The summed E-state index contributed by atoms with van der Waals surface area (Å²) in [7, 11) is 1.01. The SMILES string of the molecule is [B]Cc1ccc(OC(=O)CS(=O)(=O)O)cc1. The molecule has 1 rings (SSSR count). The predicted molar refractivity (Wildman–Crippen MR) is 58.0 cm³/mol. The van der Waals surface area contributed by atoms with Crippen LogP contribution in [0.2, 0.25) is 0 Å². The Hall–Kier alpha value is -1.34. The summed E-state index contributed by atoms with van der Waals surface area (Å²) in [4.78, 5) is 11.0. The molecule has 1 N–H and O–H groups in total. The molecule has 16 heavy (non-hydrogen) atoms. The smallest absolute Gasteiger partial charge is 0.329 e. The lowest BCUT2D eigenvalue weighted by atomic mass is 9.97. The molecule has 7 heteroatoms. The summed E-state index contributed by atoms with van der Waals surface area (Å²) in [5, 5.41) is 0. The predicted octanol–water partition coefficient (Wildman–Crippen LogP) is 0.148. The first kappa shape index (κ1) is 12.7. The molecule has 0 aliphatic carbocycles. The van der Waals surface area contributed by atoms with Crippen LogP contribution in [0.1, 0.15) is 5.56 Å². The Kier molecular flexibility index (Phi) is 4.08. The molecule has 0 saturated heterocycles. The molecule has 0 aromatic heterocycles. The first-order valence-electron chi connectivity index (χ1n) is 4.35. The number of benzene rings is 1. The van der Waals surface area contributed by atoms with Gasteiger partial charge < -0.3 is 4.74 Å². The van der Waals surface area contributed by atoms with E-state index in [4.69, 9.17) is 12.4 Å². The molecule has 0 saturated carbocycles. The van der Waals surface area contributed by atoms with Gasteiger partial charge in [0.15, 0.2) is 5.75 Å². The van der Waals surface area contributed by atoms with Crippen molar-refractivity contribution >= 4 is 23.9 Å². The molecule has 0 aliphatic rings. The topological polar surface area (TPSA) is 80.7 Å². The van der Waals surface area contributed by atoms with Crippen molar-refractivity contribution in [2.24, 2.45) is 0 Å². The maximum absolute atomic E-state index is 11.0. The third kappa shape index (κ3) is 4.46. The van der Waals surface area contributed by atoms with E-state index in [1.807, 2.05) is 0 Å². The normalized spacial score (nSPS) is 11.1. The van der Waals surface area contributed by atoms with Crippen molar-refractivity contribution in [3.63, 3.8) is 0 Å². The van der Waals surface area contributed by atoms with Gasteiger partial charge in [-0.25, -0.2) is 0 Å². The quantitative estimate of drug-likeness (QED) is 0.350. The Morgan fingerprint density at radius 2 is 1.88 bits per heavy atom. The molecule has 1 aromatic rings. The van der Waals surface area contributed by atoms with Crippen molar-refractivity contribution in [1.82, 2.24) is 0 Å². The third-order valence-corrected chi connectivity index (χ3v) is 2.29. The molecule has 0 heterocycles. The van der Waals surface area contributed by atoms with Crippen LogP contribution in [-0.4, -0.2) is 32.5 Å². The second kappa shape index (κ2) is 5.13. The van der Waals surface area contributed by atoms with Crippen molar-refractivity contribution in [2.75, 3.05) is 5.75 Å². The Bertz CT molecular complexity index is 465. The molecule has 0 spiro atoms. The number of rotatable bonds is 4. The van der Waals surface area contributed by atoms with E-state index >= 15 is 0 Å². The lowest BCUT2D eigenvalue weighted by molar-refractivity contribution is -0.131. The summed E-state index contributed by atoms with van der Waals surface area (Å²) in [6.45, 7) is 0. The van der Waals surface area contributed by atoms with Gasteiger partial charge in [0.05, 0.1) is 7.85 Å². The number of carbonyl (C=O) groups excluding carboxylic acids is 1. The van der Waals surface area contributed by atoms with Gasteiger partial charge in [-0.1, -0.05) is 24.0 Å². The number of hydrogen-bond acceptors (Lipinski definition) is 4. The monoisotopic (exact) mass is 240 g/mol. The fourth-order valence-electron chi connectivity index (χ4n) is 1.00. The minimum absolute atomic E-state index is 0.200. The van der Waals surface area contributed by atoms with Gasteiger partial charge in [-0.3, -0.25) is 9.35 Å². The summed E-state index contributed by atoms with van der Waals surface area (Å²) >= 11 is 0. The molecular formula is C9H9BO5S. The van der Waals surface area contributed by atoms with Gasteiger partial charge >= 0.3 is 5.97 Å². The number of esters is 1. The standard InChI is InChI=1S/C9H9BO5S/c10-5-7-1-3-8(4-2-7)15-9(11)6-16(12,13)14/h1-4H,5-6H2,(H,12,13,14). The first-order valence-corrected chi connectivity index (χ1v) is 5.96. The second-order valence-electron chi connectivity index (χ2n) is 3.05. The third-order valence-electron chi connectivity index (χ3n) is 1.69. The lowest BCUT2D eigenvalue weighted by Crippen LogP contribution is -2.20. The van der Waals surface area contributed by atoms with Crippen molar-refractivity contribution in [2.45, 2.75) is 6.32 Å². The average Bonchev–Trinajstić information content (AvgIpc) is 2.16. The highest BCUT2D eigenvalue weighted by Crippen LogP contribution is 2.12. The molecule has 1 aromatic carbocycles. The lowest BCUT2D eigenvalue weighted by Gasteiger charge is -2.03. The van der Waals surface area contributed by atoms with Crippen molar-refractivity contribution < 1.29 is 22.5 Å². The minimum Gasteiger partial charge on any atom is -0.426 e. The van der Waals surface area contributed by atoms with Crippen molar-refractivity contribution in [1.29, 1.82) is 0 Å². The van der Waals surface area contributed by atoms with Crippen LogP contribution in [-0.2, 0) is 21.2 Å². The average molecular weight is 240 g/mol. The van der Waals surface area contributed by atoms with Crippen LogP contribution in [0, 0.1) is 0 Å². The van der Waals surface area contributed by atoms with Crippen LogP contribution in [0.3, 0.4) is 0 Å². The van der Waals surface area contributed by atoms with Crippen LogP contribution < -0.4 is 4.74 Å². The molecule has 0 aliphatic heterocycles. The van der Waals surface area contributed by atoms with Crippen LogP contribution in [0.4, 0.5) is 0 Å². The summed E-state index contributed by atoms with van der Waals surface area (Å²) in [6.07, 6.45) is 0.360. The van der Waals surface area contributed by atoms with E-state index in [2.05, 4.69) is 4.74 Å². The van der Waals surface area contributed by atoms with Crippen molar-refractivity contribution in [3.05, 3.63) is 29.8 Å². The Morgan fingerprint density at radius 1 is 1.31 bits per heavy atom. The largest absolute Gasteiger partial charge is 0.426 e. The van der Waals surface area contributed by atoms with E-state index in [0.717, 1.165) is 5.56 Å². The highest BCUT2D eigenvalue weighted by Gasteiger charge is 2.14. The van der Waals surface area contributed by atoms with Crippen LogP contribution >= 0.6 is 0 Å². The Balaban J connectivity index is 2.63. The first-order chi connectivity index (χ1) is 7.40. The minimum atomic E-state index is -4.35. The summed E-state index contributed by atoms with van der Waals surface area (Å²) in [5.41, 5.74) is 0.856. The van der Waals surface area contributed by atoms with E-state index in [9.17, 15) is 13.2 Å². The molecular weight excluding hydrogens is 231 g/mol. The zero-order valence-electron chi connectivity index (χ0n) is 8.29. The highest BCUT2D eigenvalue weighted by atomic mass is 32.2. The Morgan fingerprint density at radius 3 is 2.31 bits per heavy atom. The fourth-order valence-corrected chi connectivity index (χ4v) is 1.36. The summed E-state index contributed by atoms with van der Waals surface area (Å²) < 4.78 is 33.8. The van der Waals surface area contributed by atoms with Gasteiger partial charge in [0.25, 0.3) is 10.1 Å². The van der Waals surface area contributed by atoms with E-state index in [1.165, 1.54) is 12.1 Å². The van der Waals surface area contributed by atoms with Gasteiger partial charge in [0.1, 0.15) is 5.75 Å². The van der Waals surface area contributed by atoms with Crippen LogP contribution in [0.15, 0.2) is 24.3 Å². The summed E-state index contributed by atoms with van der Waals surface area (Å²) in [5.74, 6) is -1.90. The highest BCUT2D eigenvalue weighted by molar-refractivity contribution is 7.86. The number of hydrogen-bond donors (Lipinski definition) is 1. The molecule has 2 radical (unpaired) electrons. The molecule has 0 amide bonds. The van der Waals surface area contributed by atoms with Gasteiger partial charge in [-0.05, 0) is 12.1 Å². The molecule has 0 fully saturated rings. The molecule has 0 unspecified atom stereocenters. The van der Waals surface area contributed by atoms with Gasteiger partial charge in [-0.2, -0.15) is 8.42 Å². The van der Waals surface area contributed by atoms with Gasteiger partial charge in [-0.15, -0.1) is 0 Å². The second-order valence-corrected chi connectivity index (χ2v) is 4.50. The maximum Gasteiger partial charge on any atom is 0.329 e. The van der Waals surface area contributed by atoms with E-state index in [-0.39, 0.29) is 5.75 Å². The molecule has 5 nitrogen and oxygen atoms in total. The maximum atomic E-state index is 11.0. The van der Waals surface area contributed by atoms with Crippen LogP contribution in [0.5, 0.6) is 5.75 Å². The molecule has 84 valence electrons. The molecule has 0 bridgehead atoms. The molecule has 0 atom stereocenters. The van der Waals surface area contributed by atoms with E-state index in [1.54, 1.807) is 12.1 Å². The van der Waals surface area contributed by atoms with Crippen molar-refractivity contribution in [3.8, 4) is 5.75 Å². The number of carbonyl (C=O) groups is 1. The van der Waals surface area contributed by atoms with E-state index in [0.29, 0.717) is 6.32 Å². The zero-order valence-corrected chi connectivity index (χ0v) is 9.11.